The largest absolute Gasteiger partial charge is 0.356 e. The summed E-state index contributed by atoms with van der Waals surface area (Å²) in [5, 5.41) is 18.0. The lowest BCUT2D eigenvalue weighted by atomic mass is 9.93. The Kier molecular flexibility index (Phi) is 4.06. The molecule has 0 aromatic carbocycles. The van der Waals surface area contributed by atoms with E-state index in [-0.39, 0.29) is 17.0 Å². The van der Waals surface area contributed by atoms with Gasteiger partial charge in [-0.2, -0.15) is 0 Å². The number of hydrogen-bond donors (Lipinski definition) is 2. The fourth-order valence-electron chi connectivity index (χ4n) is 1.72. The van der Waals surface area contributed by atoms with Gasteiger partial charge in [0, 0.05) is 13.6 Å². The van der Waals surface area contributed by atoms with Crippen molar-refractivity contribution in [2.24, 2.45) is 12.8 Å². The van der Waals surface area contributed by atoms with E-state index in [0.29, 0.717) is 6.54 Å². The molecule has 0 aliphatic heterocycles. The van der Waals surface area contributed by atoms with E-state index in [1.807, 2.05) is 13.8 Å². The number of nitrogens with zero attached hydrogens (tertiary/aromatic N) is 3. The smallest absolute Gasteiger partial charge is 0.330 e. The molecule has 0 amide bonds. The molecule has 1 rings (SSSR count). The molecule has 0 aliphatic carbocycles. The van der Waals surface area contributed by atoms with Crippen molar-refractivity contribution in [3.05, 3.63) is 16.3 Å². The van der Waals surface area contributed by atoms with Gasteiger partial charge in [-0.1, -0.05) is 13.8 Å². The molecular formula is C10H19N5O2. The van der Waals surface area contributed by atoms with Gasteiger partial charge in [0.05, 0.1) is 10.5 Å². The number of aryl methyl sites for hydroxylation is 1. The van der Waals surface area contributed by atoms with E-state index < -0.39 is 4.92 Å². The van der Waals surface area contributed by atoms with E-state index in [0.717, 1.165) is 12.8 Å². The van der Waals surface area contributed by atoms with Crippen molar-refractivity contribution in [3.8, 4) is 0 Å². The van der Waals surface area contributed by atoms with Crippen molar-refractivity contribution in [1.29, 1.82) is 0 Å². The van der Waals surface area contributed by atoms with Crippen molar-refractivity contribution in [1.82, 2.24) is 9.78 Å². The van der Waals surface area contributed by atoms with E-state index in [9.17, 15) is 10.1 Å². The minimum Gasteiger partial charge on any atom is -0.356 e. The molecule has 0 bridgehead atoms. The summed E-state index contributed by atoms with van der Waals surface area (Å²) in [5.74, 6) is 0.284. The van der Waals surface area contributed by atoms with Crippen molar-refractivity contribution >= 4 is 11.5 Å². The maximum atomic E-state index is 10.9. The number of anilines is 1. The second-order valence-electron chi connectivity index (χ2n) is 4.11. The highest BCUT2D eigenvalue weighted by Crippen LogP contribution is 2.27. The Morgan fingerprint density at radius 3 is 2.59 bits per heavy atom. The number of nitrogens with one attached hydrogen (secondary N) is 1. The lowest BCUT2D eigenvalue weighted by Crippen LogP contribution is -2.44. The number of aromatic nitrogens is 2. The summed E-state index contributed by atoms with van der Waals surface area (Å²) >= 11 is 0. The Hall–Kier alpha value is -1.63. The number of hydrogen-bond acceptors (Lipinski definition) is 5. The lowest BCUT2D eigenvalue weighted by molar-refractivity contribution is -0.384. The minimum atomic E-state index is -0.443. The standard InChI is InChI=1S/C10H19N5O2/c1-4-10(5-2,7-11)12-9-8(15(16)17)6-14(3)13-9/h6H,4-5,7,11H2,1-3H3,(H,12,13). The molecule has 96 valence electrons. The molecule has 1 aromatic rings. The Morgan fingerprint density at radius 1 is 1.59 bits per heavy atom. The van der Waals surface area contributed by atoms with Crippen molar-refractivity contribution in [3.63, 3.8) is 0 Å². The number of nitrogens with two attached hydrogens (primary N) is 1. The second-order valence-corrected chi connectivity index (χ2v) is 4.11. The Bertz CT molecular complexity index is 389. The van der Waals surface area contributed by atoms with Crippen LogP contribution in [0.5, 0.6) is 0 Å². The number of nitro groups is 1. The summed E-state index contributed by atoms with van der Waals surface area (Å²) < 4.78 is 1.42. The van der Waals surface area contributed by atoms with E-state index in [1.165, 1.54) is 10.9 Å². The van der Waals surface area contributed by atoms with Crippen LogP contribution < -0.4 is 11.1 Å². The maximum Gasteiger partial charge on any atom is 0.330 e. The first-order valence-corrected chi connectivity index (χ1v) is 5.64. The van der Waals surface area contributed by atoms with E-state index >= 15 is 0 Å². The van der Waals surface area contributed by atoms with Gasteiger partial charge >= 0.3 is 5.69 Å². The molecule has 3 N–H and O–H groups in total. The monoisotopic (exact) mass is 241 g/mol. The van der Waals surface area contributed by atoms with Gasteiger partial charge in [-0.05, 0) is 12.8 Å². The fourth-order valence-corrected chi connectivity index (χ4v) is 1.72. The summed E-state index contributed by atoms with van der Waals surface area (Å²) in [6.45, 7) is 4.41. The van der Waals surface area contributed by atoms with Crippen molar-refractivity contribution in [2.75, 3.05) is 11.9 Å². The van der Waals surface area contributed by atoms with Crippen LogP contribution in [0.25, 0.3) is 0 Å². The van der Waals surface area contributed by atoms with Crippen LogP contribution in [0.3, 0.4) is 0 Å². The predicted octanol–water partition coefficient (Wildman–Crippen LogP) is 1.26. The van der Waals surface area contributed by atoms with Gasteiger partial charge in [0.2, 0.25) is 5.82 Å². The van der Waals surface area contributed by atoms with Crippen LogP contribution in [-0.2, 0) is 7.05 Å². The number of rotatable bonds is 6. The zero-order valence-electron chi connectivity index (χ0n) is 10.4. The lowest BCUT2D eigenvalue weighted by Gasteiger charge is -2.31. The average Bonchev–Trinajstić information content (AvgIpc) is 2.67. The van der Waals surface area contributed by atoms with E-state index in [1.54, 1.807) is 7.05 Å². The van der Waals surface area contributed by atoms with Crippen LogP contribution in [0.15, 0.2) is 6.20 Å². The Labute approximate surface area is 100 Å². The van der Waals surface area contributed by atoms with Gasteiger partial charge in [-0.3, -0.25) is 14.8 Å². The normalized spacial score (nSPS) is 11.5. The SMILES string of the molecule is CCC(CC)(CN)Nc1nn(C)cc1[N+](=O)[O-]. The highest BCUT2D eigenvalue weighted by Gasteiger charge is 2.29. The topological polar surface area (TPSA) is 99.0 Å². The summed E-state index contributed by atoms with van der Waals surface area (Å²) in [6, 6.07) is 0. The van der Waals surface area contributed by atoms with Gasteiger partial charge in [0.1, 0.15) is 6.20 Å². The predicted molar refractivity (Wildman–Crippen MR) is 65.9 cm³/mol. The highest BCUT2D eigenvalue weighted by molar-refractivity contribution is 5.56. The quantitative estimate of drug-likeness (QED) is 0.577. The third-order valence-electron chi connectivity index (χ3n) is 3.13. The van der Waals surface area contributed by atoms with Crippen LogP contribution in [0, 0.1) is 10.1 Å². The zero-order chi connectivity index (χ0) is 13.1. The molecule has 0 saturated carbocycles. The summed E-state index contributed by atoms with van der Waals surface area (Å²) in [5.41, 5.74) is 5.39. The molecule has 7 heteroatoms. The molecule has 0 spiro atoms. The van der Waals surface area contributed by atoms with Gasteiger partial charge in [-0.15, -0.1) is 5.10 Å². The van der Waals surface area contributed by atoms with Crippen LogP contribution in [0.1, 0.15) is 26.7 Å². The third kappa shape index (κ3) is 2.73. The van der Waals surface area contributed by atoms with Crippen LogP contribution in [0.2, 0.25) is 0 Å². The van der Waals surface area contributed by atoms with Crippen LogP contribution in [0.4, 0.5) is 11.5 Å². The zero-order valence-corrected chi connectivity index (χ0v) is 10.4. The maximum absolute atomic E-state index is 10.9. The second kappa shape index (κ2) is 5.13. The van der Waals surface area contributed by atoms with Gasteiger partial charge < -0.3 is 11.1 Å². The van der Waals surface area contributed by atoms with Crippen LogP contribution >= 0.6 is 0 Å². The first-order chi connectivity index (χ1) is 7.98. The van der Waals surface area contributed by atoms with Crippen molar-refractivity contribution in [2.45, 2.75) is 32.2 Å². The Balaban J connectivity index is 3.04. The van der Waals surface area contributed by atoms with Gasteiger partial charge in [0.25, 0.3) is 0 Å². The molecule has 0 radical (unpaired) electrons. The molecule has 1 heterocycles. The average molecular weight is 241 g/mol. The van der Waals surface area contributed by atoms with Gasteiger partial charge in [0.15, 0.2) is 0 Å². The molecule has 17 heavy (non-hydrogen) atoms. The van der Waals surface area contributed by atoms with E-state index in [2.05, 4.69) is 10.4 Å². The molecule has 1 aromatic heterocycles. The summed E-state index contributed by atoms with van der Waals surface area (Å²) in [7, 11) is 1.65. The van der Waals surface area contributed by atoms with E-state index in [4.69, 9.17) is 5.73 Å². The Morgan fingerprint density at radius 2 is 2.18 bits per heavy atom. The fraction of sp³-hybridized carbons (Fsp3) is 0.700. The third-order valence-corrected chi connectivity index (χ3v) is 3.13. The molecule has 0 fully saturated rings. The molecule has 7 nitrogen and oxygen atoms in total. The molecule has 0 unspecified atom stereocenters. The van der Waals surface area contributed by atoms with Crippen LogP contribution in [-0.4, -0.2) is 26.8 Å². The molecule has 0 saturated heterocycles. The molecule has 0 atom stereocenters. The first-order valence-electron chi connectivity index (χ1n) is 5.64. The molecule has 0 aliphatic rings. The van der Waals surface area contributed by atoms with Gasteiger partial charge in [-0.25, -0.2) is 0 Å². The first kappa shape index (κ1) is 13.4. The summed E-state index contributed by atoms with van der Waals surface area (Å²) in [6.07, 6.45) is 2.95. The van der Waals surface area contributed by atoms with Crippen molar-refractivity contribution < 1.29 is 4.92 Å². The molecular weight excluding hydrogens is 222 g/mol. The summed E-state index contributed by atoms with van der Waals surface area (Å²) in [4.78, 5) is 10.4. The highest BCUT2D eigenvalue weighted by atomic mass is 16.6. The minimum absolute atomic E-state index is 0.0211.